The zero-order valence-electron chi connectivity index (χ0n) is 11.1. The zero-order valence-corrected chi connectivity index (χ0v) is 12.7. The van der Waals surface area contributed by atoms with Crippen molar-refractivity contribution in [3.8, 4) is 11.5 Å². The van der Waals surface area contributed by atoms with Crippen molar-refractivity contribution in [1.29, 1.82) is 0 Å². The number of fused-ring (bicyclic) bond motifs is 1. The number of hydrogen-bond acceptors (Lipinski definition) is 2. The predicted octanol–water partition coefficient (Wildman–Crippen LogP) is 5.23. The summed E-state index contributed by atoms with van der Waals surface area (Å²) in [7, 11) is 0. The summed E-state index contributed by atoms with van der Waals surface area (Å²) in [6.45, 7) is 2.09. The maximum Gasteiger partial charge on any atom is 0.129 e. The fourth-order valence-electron chi connectivity index (χ4n) is 2.13. The normalized spacial score (nSPS) is 10.7. The van der Waals surface area contributed by atoms with Crippen LogP contribution in [0.1, 0.15) is 11.1 Å². The lowest BCUT2D eigenvalue weighted by Gasteiger charge is -2.09. The van der Waals surface area contributed by atoms with Crippen LogP contribution in [0, 0.1) is 6.92 Å². The molecule has 0 amide bonds. The number of pyridine rings is 1. The number of alkyl halides is 1. The van der Waals surface area contributed by atoms with Gasteiger partial charge < -0.3 is 4.74 Å². The second kappa shape index (κ2) is 5.63. The molecule has 0 saturated heterocycles. The fourth-order valence-corrected chi connectivity index (χ4v) is 2.76. The van der Waals surface area contributed by atoms with Crippen molar-refractivity contribution < 1.29 is 4.74 Å². The van der Waals surface area contributed by atoms with Crippen LogP contribution in [0.5, 0.6) is 11.5 Å². The second-order valence-corrected chi connectivity index (χ2v) is 5.24. The van der Waals surface area contributed by atoms with E-state index in [1.807, 2.05) is 36.4 Å². The Labute approximate surface area is 126 Å². The van der Waals surface area contributed by atoms with Crippen LogP contribution in [0.2, 0.25) is 0 Å². The minimum atomic E-state index is 0.808. The third kappa shape index (κ3) is 2.68. The topological polar surface area (TPSA) is 22.1 Å². The van der Waals surface area contributed by atoms with E-state index in [0.717, 1.165) is 27.7 Å². The first kappa shape index (κ1) is 13.1. The molecule has 2 nitrogen and oxygen atoms in total. The molecular formula is C17H14BrNO. The Bertz CT molecular complexity index is 755. The van der Waals surface area contributed by atoms with Gasteiger partial charge in [-0.05, 0) is 48.4 Å². The maximum absolute atomic E-state index is 5.91. The summed E-state index contributed by atoms with van der Waals surface area (Å²) in [6.07, 6.45) is 1.79. The van der Waals surface area contributed by atoms with Gasteiger partial charge in [0.1, 0.15) is 11.5 Å². The third-order valence-corrected chi connectivity index (χ3v) is 3.88. The second-order valence-electron chi connectivity index (χ2n) is 4.68. The van der Waals surface area contributed by atoms with Crippen molar-refractivity contribution in [1.82, 2.24) is 4.98 Å². The first-order chi connectivity index (χ1) is 9.76. The van der Waals surface area contributed by atoms with Crippen LogP contribution in [0.4, 0.5) is 0 Å². The van der Waals surface area contributed by atoms with Gasteiger partial charge >= 0.3 is 0 Å². The Morgan fingerprint density at radius 3 is 2.65 bits per heavy atom. The van der Waals surface area contributed by atoms with Gasteiger partial charge in [0.15, 0.2) is 0 Å². The van der Waals surface area contributed by atoms with E-state index >= 15 is 0 Å². The molecule has 0 N–H and O–H groups in total. The molecule has 0 saturated carbocycles. The molecule has 100 valence electrons. The van der Waals surface area contributed by atoms with Gasteiger partial charge in [-0.1, -0.05) is 28.1 Å². The molecule has 2 aromatic carbocycles. The molecule has 0 bridgehead atoms. The molecule has 0 aliphatic heterocycles. The Hall–Kier alpha value is -1.87. The van der Waals surface area contributed by atoms with Crippen LogP contribution in [-0.4, -0.2) is 4.98 Å². The first-order valence-electron chi connectivity index (χ1n) is 6.44. The number of benzene rings is 2. The van der Waals surface area contributed by atoms with E-state index in [-0.39, 0.29) is 0 Å². The van der Waals surface area contributed by atoms with Crippen molar-refractivity contribution in [3.05, 3.63) is 65.9 Å². The Morgan fingerprint density at radius 1 is 1.05 bits per heavy atom. The third-order valence-electron chi connectivity index (χ3n) is 3.27. The maximum atomic E-state index is 5.91. The summed E-state index contributed by atoms with van der Waals surface area (Å²) in [6, 6.07) is 16.1. The summed E-state index contributed by atoms with van der Waals surface area (Å²) >= 11 is 3.48. The van der Waals surface area contributed by atoms with Crippen molar-refractivity contribution in [2.24, 2.45) is 0 Å². The quantitative estimate of drug-likeness (QED) is 0.614. The van der Waals surface area contributed by atoms with Gasteiger partial charge in [0, 0.05) is 23.0 Å². The van der Waals surface area contributed by atoms with Crippen molar-refractivity contribution >= 4 is 26.8 Å². The molecule has 0 atom stereocenters. The highest BCUT2D eigenvalue weighted by Gasteiger charge is 2.03. The van der Waals surface area contributed by atoms with E-state index in [1.165, 1.54) is 11.1 Å². The number of ether oxygens (including phenoxy) is 1. The Balaban J connectivity index is 1.90. The summed E-state index contributed by atoms with van der Waals surface area (Å²) < 4.78 is 5.91. The summed E-state index contributed by atoms with van der Waals surface area (Å²) in [5.41, 5.74) is 3.44. The summed E-state index contributed by atoms with van der Waals surface area (Å²) in [5, 5.41) is 1.98. The molecule has 3 rings (SSSR count). The van der Waals surface area contributed by atoms with Crippen LogP contribution in [0.25, 0.3) is 10.9 Å². The monoisotopic (exact) mass is 327 g/mol. The van der Waals surface area contributed by atoms with Crippen LogP contribution in [-0.2, 0) is 5.33 Å². The number of nitrogens with zero attached hydrogens (tertiary/aromatic N) is 1. The minimum Gasteiger partial charge on any atom is -0.457 e. The van der Waals surface area contributed by atoms with Gasteiger partial charge in [-0.2, -0.15) is 0 Å². The SMILES string of the molecule is Cc1cc(Oc2ccc3cccnc3c2)ccc1CBr. The highest BCUT2D eigenvalue weighted by Crippen LogP contribution is 2.26. The van der Waals surface area contributed by atoms with Gasteiger partial charge in [-0.3, -0.25) is 4.98 Å². The standard InChI is InChI=1S/C17H14BrNO/c1-12-9-15(7-5-14(12)11-18)20-16-6-4-13-3-2-8-19-17(13)10-16/h2-10H,11H2,1H3. The van der Waals surface area contributed by atoms with E-state index in [1.54, 1.807) is 6.20 Å². The van der Waals surface area contributed by atoms with Crippen LogP contribution in [0.3, 0.4) is 0 Å². The molecule has 1 heterocycles. The minimum absolute atomic E-state index is 0.808. The van der Waals surface area contributed by atoms with Gasteiger partial charge in [0.25, 0.3) is 0 Å². The lowest BCUT2D eigenvalue weighted by Crippen LogP contribution is -1.89. The van der Waals surface area contributed by atoms with E-state index < -0.39 is 0 Å². The van der Waals surface area contributed by atoms with Gasteiger partial charge in [-0.15, -0.1) is 0 Å². The van der Waals surface area contributed by atoms with Gasteiger partial charge in [0.05, 0.1) is 5.52 Å². The highest BCUT2D eigenvalue weighted by atomic mass is 79.9. The van der Waals surface area contributed by atoms with Crippen molar-refractivity contribution in [2.75, 3.05) is 0 Å². The Morgan fingerprint density at radius 2 is 1.85 bits per heavy atom. The number of rotatable bonds is 3. The largest absolute Gasteiger partial charge is 0.457 e. The highest BCUT2D eigenvalue weighted by molar-refractivity contribution is 9.08. The van der Waals surface area contributed by atoms with Gasteiger partial charge in [0.2, 0.25) is 0 Å². The number of aryl methyl sites for hydroxylation is 1. The number of halogens is 1. The molecule has 0 radical (unpaired) electrons. The average Bonchev–Trinajstić information content (AvgIpc) is 2.47. The lowest BCUT2D eigenvalue weighted by molar-refractivity contribution is 0.483. The molecule has 3 heteroatoms. The molecule has 0 unspecified atom stereocenters. The predicted molar refractivity (Wildman–Crippen MR) is 85.6 cm³/mol. The molecular weight excluding hydrogens is 314 g/mol. The average molecular weight is 328 g/mol. The van der Waals surface area contributed by atoms with Crippen molar-refractivity contribution in [2.45, 2.75) is 12.3 Å². The Kier molecular flexibility index (Phi) is 3.70. The van der Waals surface area contributed by atoms with E-state index in [9.17, 15) is 0 Å². The number of aromatic nitrogens is 1. The smallest absolute Gasteiger partial charge is 0.129 e. The zero-order chi connectivity index (χ0) is 13.9. The van der Waals surface area contributed by atoms with Gasteiger partial charge in [-0.25, -0.2) is 0 Å². The van der Waals surface area contributed by atoms with E-state index in [2.05, 4.69) is 40.0 Å². The number of hydrogen-bond donors (Lipinski definition) is 0. The molecule has 0 spiro atoms. The van der Waals surface area contributed by atoms with Crippen molar-refractivity contribution in [3.63, 3.8) is 0 Å². The molecule has 1 aromatic heterocycles. The first-order valence-corrected chi connectivity index (χ1v) is 7.56. The molecule has 0 aliphatic rings. The fraction of sp³-hybridized carbons (Fsp3) is 0.118. The molecule has 3 aromatic rings. The van der Waals surface area contributed by atoms with Crippen LogP contribution >= 0.6 is 15.9 Å². The summed E-state index contributed by atoms with van der Waals surface area (Å²) in [4.78, 5) is 4.34. The van der Waals surface area contributed by atoms with E-state index in [0.29, 0.717) is 0 Å². The molecule has 0 aliphatic carbocycles. The summed E-state index contributed by atoms with van der Waals surface area (Å²) in [5.74, 6) is 1.66. The lowest BCUT2D eigenvalue weighted by atomic mass is 10.1. The molecule has 20 heavy (non-hydrogen) atoms. The van der Waals surface area contributed by atoms with E-state index in [4.69, 9.17) is 4.74 Å². The van der Waals surface area contributed by atoms with Crippen LogP contribution in [0.15, 0.2) is 54.7 Å². The molecule has 0 fully saturated rings. The van der Waals surface area contributed by atoms with Crippen LogP contribution < -0.4 is 4.74 Å².